The largest absolute Gasteiger partial charge is 0.443 e. The van der Waals surface area contributed by atoms with Gasteiger partial charge in [-0.1, -0.05) is 12.1 Å². The molecule has 2 aromatic rings. The van der Waals surface area contributed by atoms with Gasteiger partial charge in [0.15, 0.2) is 11.9 Å². The quantitative estimate of drug-likeness (QED) is 0.782. The molecule has 0 radical (unpaired) electrons. The third kappa shape index (κ3) is 5.66. The average molecular weight is 417 g/mol. The monoisotopic (exact) mass is 417 g/mol. The fourth-order valence-corrected chi connectivity index (χ4v) is 2.56. The van der Waals surface area contributed by atoms with Crippen molar-refractivity contribution in [1.29, 1.82) is 0 Å². The van der Waals surface area contributed by atoms with Crippen molar-refractivity contribution >= 4 is 34.7 Å². The smallest absolute Gasteiger partial charge is 0.425 e. The number of primary amides is 1. The number of nitrogens with zero attached hydrogens (tertiary/aromatic N) is 2. The van der Waals surface area contributed by atoms with E-state index in [-0.39, 0.29) is 11.4 Å². The van der Waals surface area contributed by atoms with Gasteiger partial charge in [0.2, 0.25) is 0 Å². The molecular weight excluding hydrogens is 390 g/mol. The summed E-state index contributed by atoms with van der Waals surface area (Å²) in [5.74, 6) is -0.899. The van der Waals surface area contributed by atoms with Crippen LogP contribution in [0, 0.1) is 0 Å². The van der Waals surface area contributed by atoms with Gasteiger partial charge in [-0.15, -0.1) is 0 Å². The molecule has 0 aliphatic heterocycles. The standard InChI is InChI=1S/C21H27N3O6/c1-20(2,3)29-18(27)24(19(28)30-21(4,5)6)17-14-8-7-13(15(25)16(22)26)11-12(14)9-10-23-17/h7-11,15,25H,1-6H3,(H2,22,26). The zero-order valence-corrected chi connectivity index (χ0v) is 17.9. The lowest BCUT2D eigenvalue weighted by molar-refractivity contribution is -0.126. The van der Waals surface area contributed by atoms with Crippen LogP contribution in [0.3, 0.4) is 0 Å². The Morgan fingerprint density at radius 3 is 2.00 bits per heavy atom. The number of amides is 3. The molecule has 3 N–H and O–H groups in total. The summed E-state index contributed by atoms with van der Waals surface area (Å²) in [6.45, 7) is 10.0. The van der Waals surface area contributed by atoms with Crippen LogP contribution in [0.1, 0.15) is 53.2 Å². The van der Waals surface area contributed by atoms with Crippen LogP contribution in [0.15, 0.2) is 30.5 Å². The molecule has 0 spiro atoms. The summed E-state index contributed by atoms with van der Waals surface area (Å²) in [7, 11) is 0. The number of rotatable bonds is 3. The van der Waals surface area contributed by atoms with Gasteiger partial charge in [-0.3, -0.25) is 4.79 Å². The topological polar surface area (TPSA) is 132 Å². The average Bonchev–Trinajstić information content (AvgIpc) is 2.57. The second-order valence-electron chi connectivity index (χ2n) is 8.72. The van der Waals surface area contributed by atoms with Crippen LogP contribution < -0.4 is 10.6 Å². The van der Waals surface area contributed by atoms with Crippen LogP contribution in [-0.4, -0.2) is 39.4 Å². The van der Waals surface area contributed by atoms with Crippen molar-refractivity contribution in [3.05, 3.63) is 36.0 Å². The van der Waals surface area contributed by atoms with Gasteiger partial charge < -0.3 is 20.3 Å². The number of ether oxygens (including phenoxy) is 2. The van der Waals surface area contributed by atoms with Gasteiger partial charge in [-0.2, -0.15) is 4.90 Å². The summed E-state index contributed by atoms with van der Waals surface area (Å²) in [5, 5.41) is 10.9. The van der Waals surface area contributed by atoms with E-state index in [1.807, 2.05) is 0 Å². The Morgan fingerprint density at radius 2 is 1.53 bits per heavy atom. The molecule has 0 saturated carbocycles. The second-order valence-corrected chi connectivity index (χ2v) is 8.72. The summed E-state index contributed by atoms with van der Waals surface area (Å²) in [5.41, 5.74) is 3.71. The fraction of sp³-hybridized carbons (Fsp3) is 0.429. The number of anilines is 1. The van der Waals surface area contributed by atoms with Crippen molar-refractivity contribution in [3.8, 4) is 0 Å². The van der Waals surface area contributed by atoms with E-state index >= 15 is 0 Å². The Labute approximate surface area is 174 Å². The maximum absolute atomic E-state index is 12.9. The van der Waals surface area contributed by atoms with Crippen molar-refractivity contribution in [3.63, 3.8) is 0 Å². The zero-order valence-electron chi connectivity index (χ0n) is 17.9. The van der Waals surface area contributed by atoms with Crippen LogP contribution in [0.4, 0.5) is 15.4 Å². The number of aliphatic hydroxyl groups excluding tert-OH is 1. The van der Waals surface area contributed by atoms with Crippen LogP contribution in [-0.2, 0) is 14.3 Å². The predicted octanol–water partition coefficient (Wildman–Crippen LogP) is 3.43. The number of pyridine rings is 1. The SMILES string of the molecule is CC(C)(C)OC(=O)N(C(=O)OC(C)(C)C)c1nccc2cc(C(O)C(N)=O)ccc12. The van der Waals surface area contributed by atoms with Gasteiger partial charge in [0, 0.05) is 11.6 Å². The number of aromatic nitrogens is 1. The number of aliphatic hydroxyl groups is 1. The highest BCUT2D eigenvalue weighted by molar-refractivity contribution is 6.13. The zero-order chi connectivity index (χ0) is 22.9. The maximum Gasteiger partial charge on any atom is 0.425 e. The predicted molar refractivity (Wildman–Crippen MR) is 111 cm³/mol. The number of hydrogen-bond donors (Lipinski definition) is 2. The molecule has 1 heterocycles. The van der Waals surface area contributed by atoms with Crippen molar-refractivity contribution in [2.24, 2.45) is 5.73 Å². The second kappa shape index (κ2) is 8.27. The van der Waals surface area contributed by atoms with E-state index in [0.717, 1.165) is 4.90 Å². The maximum atomic E-state index is 12.9. The third-order valence-electron chi connectivity index (χ3n) is 3.72. The van der Waals surface area contributed by atoms with E-state index in [0.29, 0.717) is 10.8 Å². The first-order valence-electron chi connectivity index (χ1n) is 9.32. The molecule has 0 bridgehead atoms. The minimum Gasteiger partial charge on any atom is -0.443 e. The minimum absolute atomic E-state index is 0.00360. The summed E-state index contributed by atoms with van der Waals surface area (Å²) < 4.78 is 10.8. The van der Waals surface area contributed by atoms with Crippen molar-refractivity contribution < 1.29 is 29.0 Å². The number of hydrogen-bond acceptors (Lipinski definition) is 7. The number of fused-ring (bicyclic) bond motifs is 1. The molecule has 30 heavy (non-hydrogen) atoms. The Morgan fingerprint density at radius 1 is 1.00 bits per heavy atom. The molecule has 1 unspecified atom stereocenters. The van der Waals surface area contributed by atoms with Gasteiger partial charge in [0.25, 0.3) is 5.91 Å². The number of imide groups is 1. The molecule has 0 saturated heterocycles. The fourth-order valence-electron chi connectivity index (χ4n) is 2.56. The van der Waals surface area contributed by atoms with E-state index in [1.54, 1.807) is 47.6 Å². The lowest BCUT2D eigenvalue weighted by Gasteiger charge is -2.28. The highest BCUT2D eigenvalue weighted by Crippen LogP contribution is 2.29. The lowest BCUT2D eigenvalue weighted by Crippen LogP contribution is -2.44. The first-order chi connectivity index (χ1) is 13.7. The molecular formula is C21H27N3O6. The molecule has 9 heteroatoms. The molecule has 3 amide bonds. The van der Waals surface area contributed by atoms with Gasteiger partial charge in [0.1, 0.15) is 11.2 Å². The lowest BCUT2D eigenvalue weighted by atomic mass is 10.0. The summed E-state index contributed by atoms with van der Waals surface area (Å²) in [6.07, 6.45) is -1.99. The summed E-state index contributed by atoms with van der Waals surface area (Å²) in [6, 6.07) is 6.13. The summed E-state index contributed by atoms with van der Waals surface area (Å²) in [4.78, 5) is 41.9. The van der Waals surface area contributed by atoms with Crippen LogP contribution in [0.5, 0.6) is 0 Å². The third-order valence-corrected chi connectivity index (χ3v) is 3.72. The van der Waals surface area contributed by atoms with E-state index in [9.17, 15) is 19.5 Å². The Hall–Kier alpha value is -3.20. The summed E-state index contributed by atoms with van der Waals surface area (Å²) >= 11 is 0. The molecule has 1 aromatic heterocycles. The molecule has 2 rings (SSSR count). The Kier molecular flexibility index (Phi) is 6.36. The van der Waals surface area contributed by atoms with Gasteiger partial charge >= 0.3 is 12.2 Å². The molecule has 0 aliphatic carbocycles. The first kappa shape index (κ1) is 23.1. The van der Waals surface area contributed by atoms with Crippen LogP contribution in [0.25, 0.3) is 10.8 Å². The van der Waals surface area contributed by atoms with Crippen molar-refractivity contribution in [2.75, 3.05) is 4.90 Å². The minimum atomic E-state index is -1.49. The molecule has 0 aliphatic rings. The number of carbonyl (C=O) groups excluding carboxylic acids is 3. The molecule has 9 nitrogen and oxygen atoms in total. The number of nitrogens with two attached hydrogens (primary N) is 1. The van der Waals surface area contributed by atoms with Gasteiger partial charge in [0.05, 0.1) is 0 Å². The normalized spacial score (nSPS) is 12.9. The highest BCUT2D eigenvalue weighted by Gasteiger charge is 2.34. The Balaban J connectivity index is 2.60. The van der Waals surface area contributed by atoms with Crippen LogP contribution in [0.2, 0.25) is 0 Å². The van der Waals surface area contributed by atoms with Crippen molar-refractivity contribution in [1.82, 2.24) is 4.98 Å². The Bertz CT molecular complexity index is 947. The van der Waals surface area contributed by atoms with E-state index in [1.165, 1.54) is 24.4 Å². The van der Waals surface area contributed by atoms with E-state index in [4.69, 9.17) is 15.2 Å². The first-order valence-corrected chi connectivity index (χ1v) is 9.32. The molecule has 1 aromatic carbocycles. The molecule has 1 atom stereocenters. The van der Waals surface area contributed by atoms with Gasteiger partial charge in [-0.25, -0.2) is 14.6 Å². The number of benzene rings is 1. The number of carbonyl (C=O) groups is 3. The van der Waals surface area contributed by atoms with Crippen molar-refractivity contribution in [2.45, 2.75) is 58.8 Å². The molecule has 0 fully saturated rings. The molecule has 162 valence electrons. The van der Waals surface area contributed by atoms with E-state index < -0.39 is 35.4 Å². The highest BCUT2D eigenvalue weighted by atomic mass is 16.6. The van der Waals surface area contributed by atoms with E-state index in [2.05, 4.69) is 4.98 Å². The van der Waals surface area contributed by atoms with Crippen LogP contribution >= 0.6 is 0 Å². The van der Waals surface area contributed by atoms with Gasteiger partial charge in [-0.05, 0) is 64.6 Å².